The van der Waals surface area contributed by atoms with Gasteiger partial charge in [-0.05, 0) is 24.3 Å². The quantitative estimate of drug-likeness (QED) is 0.251. The second-order valence-electron chi connectivity index (χ2n) is 6.19. The fourth-order valence-electron chi connectivity index (χ4n) is 3.36. The van der Waals surface area contributed by atoms with E-state index < -0.39 is 21.6 Å². The molecule has 0 aliphatic heterocycles. The lowest BCUT2D eigenvalue weighted by molar-refractivity contribution is 0.683. The molecular weight excluding hydrogens is 660 g/mol. The van der Waals surface area contributed by atoms with E-state index in [1.807, 2.05) is 24.3 Å². The first kappa shape index (κ1) is 21.0. The second-order valence-corrected chi connectivity index (χ2v) is 12.4. The molecule has 0 fully saturated rings. The fraction of sp³-hybridized carbons (Fsp3) is 0.111. The van der Waals surface area contributed by atoms with Gasteiger partial charge in [0.25, 0.3) is 0 Å². The molecule has 2 heterocycles. The number of nitrogens with one attached hydrogen (secondary N) is 2. The Labute approximate surface area is 199 Å². The van der Waals surface area contributed by atoms with Crippen molar-refractivity contribution in [2.45, 2.75) is 10.1 Å². The van der Waals surface area contributed by atoms with Crippen LogP contribution in [0.25, 0.3) is 32.9 Å². The Morgan fingerprint density at radius 1 is 0.679 bits per heavy atom. The summed E-state index contributed by atoms with van der Waals surface area (Å²) in [5.41, 5.74) is 3.26. The molecule has 0 aliphatic carbocycles. The maximum absolute atomic E-state index is 12.6. The molecule has 4 nitrogen and oxygen atoms in total. The van der Waals surface area contributed by atoms with E-state index in [-0.39, 0.29) is 0 Å². The molecular formula is C18H12Br4N2O2S2. The minimum Gasteiger partial charge on any atom is -0.347 e. The van der Waals surface area contributed by atoms with Crippen molar-refractivity contribution in [2.75, 3.05) is 12.5 Å². The topological polar surface area (TPSA) is 65.7 Å². The van der Waals surface area contributed by atoms with Crippen LogP contribution in [-0.2, 0) is 21.6 Å². The number of fused-ring (bicyclic) bond motifs is 2. The molecule has 146 valence electrons. The van der Waals surface area contributed by atoms with Gasteiger partial charge in [0.2, 0.25) is 0 Å². The van der Waals surface area contributed by atoms with Crippen molar-refractivity contribution in [2.24, 2.45) is 0 Å². The SMILES string of the molecule is CS(=O)c1[nH]c2cc(Br)cc(Br)c2c1-c1c(S(C)=O)[nH]c2cc(Br)cc(Br)c12. The molecule has 2 atom stereocenters. The molecule has 28 heavy (non-hydrogen) atoms. The maximum Gasteiger partial charge on any atom is 0.112 e. The fourth-order valence-corrected chi connectivity index (χ4v) is 7.69. The van der Waals surface area contributed by atoms with Gasteiger partial charge in [-0.3, -0.25) is 8.42 Å². The first-order chi connectivity index (χ1) is 13.2. The number of halogens is 4. The molecule has 4 aromatic rings. The first-order valence-corrected chi connectivity index (χ1v) is 14.2. The molecule has 10 heteroatoms. The average Bonchev–Trinajstić information content (AvgIpc) is 3.12. The standard InChI is InChI=1S/C18H12Br4N2O2S2/c1-27(25)17-15(13-9(21)3-7(19)5-11(13)23-17)16-14-10(22)4-8(20)6-12(14)24-18(16)28(2)26/h3-6,23-24H,1-2H3. The van der Waals surface area contributed by atoms with Gasteiger partial charge in [0, 0.05) is 63.3 Å². The van der Waals surface area contributed by atoms with Gasteiger partial charge in [0.15, 0.2) is 0 Å². The Kier molecular flexibility index (Phi) is 5.83. The number of benzene rings is 2. The summed E-state index contributed by atoms with van der Waals surface area (Å²) in [6.07, 6.45) is 3.28. The highest BCUT2D eigenvalue weighted by Crippen LogP contribution is 2.46. The van der Waals surface area contributed by atoms with Gasteiger partial charge in [0.05, 0.1) is 21.6 Å². The van der Waals surface area contributed by atoms with Crippen LogP contribution in [0.5, 0.6) is 0 Å². The monoisotopic (exact) mass is 668 g/mol. The van der Waals surface area contributed by atoms with Gasteiger partial charge in [-0.1, -0.05) is 63.7 Å². The predicted molar refractivity (Wildman–Crippen MR) is 131 cm³/mol. The van der Waals surface area contributed by atoms with E-state index in [4.69, 9.17) is 0 Å². The van der Waals surface area contributed by atoms with Crippen LogP contribution in [0, 0.1) is 0 Å². The van der Waals surface area contributed by atoms with Crippen LogP contribution in [0.4, 0.5) is 0 Å². The maximum atomic E-state index is 12.6. The summed E-state index contributed by atoms with van der Waals surface area (Å²) in [6, 6.07) is 7.79. The van der Waals surface area contributed by atoms with E-state index >= 15 is 0 Å². The second kappa shape index (κ2) is 7.77. The molecule has 0 radical (unpaired) electrons. The smallest absolute Gasteiger partial charge is 0.112 e. The van der Waals surface area contributed by atoms with E-state index in [1.54, 1.807) is 12.5 Å². The highest BCUT2D eigenvalue weighted by molar-refractivity contribution is 9.11. The van der Waals surface area contributed by atoms with Crippen molar-refractivity contribution in [1.29, 1.82) is 0 Å². The Hall–Kier alpha value is -0.260. The predicted octanol–water partition coefficient (Wildman–Crippen LogP) is 6.84. The molecule has 0 saturated heterocycles. The molecule has 2 aromatic heterocycles. The summed E-state index contributed by atoms with van der Waals surface area (Å²) >= 11 is 14.3. The summed E-state index contributed by atoms with van der Waals surface area (Å²) in [4.78, 5) is 6.60. The summed E-state index contributed by atoms with van der Waals surface area (Å²) in [5, 5.41) is 2.99. The van der Waals surface area contributed by atoms with Crippen molar-refractivity contribution in [3.05, 3.63) is 42.2 Å². The minimum atomic E-state index is -1.28. The summed E-state index contributed by atoms with van der Waals surface area (Å²) in [6.45, 7) is 0. The molecule has 0 saturated carbocycles. The Balaban J connectivity index is 2.27. The van der Waals surface area contributed by atoms with E-state index in [9.17, 15) is 8.42 Å². The highest BCUT2D eigenvalue weighted by Gasteiger charge is 2.26. The lowest BCUT2D eigenvalue weighted by Crippen LogP contribution is -1.95. The molecule has 0 aliphatic rings. The first-order valence-electron chi connectivity index (χ1n) is 7.87. The molecule has 4 rings (SSSR count). The third-order valence-electron chi connectivity index (χ3n) is 4.39. The van der Waals surface area contributed by atoms with Gasteiger partial charge in [-0.2, -0.15) is 0 Å². The molecule has 0 spiro atoms. The molecule has 2 unspecified atom stereocenters. The van der Waals surface area contributed by atoms with Crippen molar-refractivity contribution in [3.8, 4) is 11.1 Å². The van der Waals surface area contributed by atoms with Crippen LogP contribution in [0.15, 0.2) is 52.2 Å². The summed E-state index contributed by atoms with van der Waals surface area (Å²) in [7, 11) is -2.55. The van der Waals surface area contributed by atoms with Gasteiger partial charge in [0.1, 0.15) is 10.1 Å². The third kappa shape index (κ3) is 3.43. The summed E-state index contributed by atoms with van der Waals surface area (Å²) in [5.74, 6) is 0. The lowest BCUT2D eigenvalue weighted by atomic mass is 10.0. The average molecular weight is 672 g/mol. The molecule has 0 bridgehead atoms. The zero-order valence-electron chi connectivity index (χ0n) is 14.5. The normalized spacial score (nSPS) is 14.1. The number of aromatic nitrogens is 2. The Morgan fingerprint density at radius 3 is 1.36 bits per heavy atom. The van der Waals surface area contributed by atoms with Gasteiger partial charge < -0.3 is 9.97 Å². The van der Waals surface area contributed by atoms with Crippen LogP contribution >= 0.6 is 63.7 Å². The van der Waals surface area contributed by atoms with E-state index in [2.05, 4.69) is 73.7 Å². The van der Waals surface area contributed by atoms with E-state index in [0.717, 1.165) is 50.8 Å². The number of hydrogen-bond acceptors (Lipinski definition) is 2. The molecule has 0 amide bonds. The largest absolute Gasteiger partial charge is 0.347 e. The number of hydrogen-bond donors (Lipinski definition) is 2. The highest BCUT2D eigenvalue weighted by atomic mass is 79.9. The summed E-state index contributed by atoms with van der Waals surface area (Å²) < 4.78 is 28.8. The lowest BCUT2D eigenvalue weighted by Gasteiger charge is -2.07. The molecule has 2 aromatic carbocycles. The van der Waals surface area contributed by atoms with Crippen molar-refractivity contribution in [3.63, 3.8) is 0 Å². The van der Waals surface area contributed by atoms with Crippen LogP contribution in [0.1, 0.15) is 0 Å². The van der Waals surface area contributed by atoms with Crippen LogP contribution in [-0.4, -0.2) is 30.9 Å². The van der Waals surface area contributed by atoms with Crippen LogP contribution < -0.4 is 0 Å². The third-order valence-corrected chi connectivity index (χ3v) is 8.31. The van der Waals surface area contributed by atoms with E-state index in [1.165, 1.54) is 0 Å². The molecule has 2 N–H and O–H groups in total. The van der Waals surface area contributed by atoms with Crippen LogP contribution in [0.3, 0.4) is 0 Å². The Morgan fingerprint density at radius 2 is 1.04 bits per heavy atom. The van der Waals surface area contributed by atoms with Crippen LogP contribution in [0.2, 0.25) is 0 Å². The number of aromatic amines is 2. The number of rotatable bonds is 3. The Bertz CT molecular complexity index is 1220. The van der Waals surface area contributed by atoms with Gasteiger partial charge in [-0.25, -0.2) is 0 Å². The van der Waals surface area contributed by atoms with Gasteiger partial charge in [-0.15, -0.1) is 0 Å². The zero-order chi connectivity index (χ0) is 20.3. The minimum absolute atomic E-state index is 0.594. The van der Waals surface area contributed by atoms with Crippen molar-refractivity contribution < 1.29 is 8.42 Å². The van der Waals surface area contributed by atoms with Crippen molar-refractivity contribution >= 4 is 107 Å². The van der Waals surface area contributed by atoms with Crippen molar-refractivity contribution in [1.82, 2.24) is 9.97 Å². The zero-order valence-corrected chi connectivity index (χ0v) is 22.4. The van der Waals surface area contributed by atoms with E-state index in [0.29, 0.717) is 10.1 Å². The van der Waals surface area contributed by atoms with Gasteiger partial charge >= 0.3 is 0 Å². The number of H-pyrrole nitrogens is 2.